The summed E-state index contributed by atoms with van der Waals surface area (Å²) < 4.78 is 12.9. The minimum absolute atomic E-state index is 0.0551. The number of nitrogens with one attached hydrogen (secondary N) is 1. The van der Waals surface area contributed by atoms with Gasteiger partial charge < -0.3 is 15.3 Å². The molecule has 8 nitrogen and oxygen atoms in total. The van der Waals surface area contributed by atoms with Gasteiger partial charge in [-0.2, -0.15) is 4.98 Å². The van der Waals surface area contributed by atoms with Crippen LogP contribution >= 0.6 is 0 Å². The third kappa shape index (κ3) is 3.69. The van der Waals surface area contributed by atoms with Crippen molar-refractivity contribution in [3.63, 3.8) is 0 Å². The molecular weight excluding hydrogens is 448 g/mol. The minimum Gasteiger partial charge on any atom is -0.394 e. The lowest BCUT2D eigenvalue weighted by atomic mass is 9.77. The van der Waals surface area contributed by atoms with E-state index in [9.17, 15) is 9.32 Å². The minimum atomic E-state index is -1.11. The molecule has 6 rings (SSSR count). The molecule has 0 bridgehead atoms. The molecule has 0 aromatic carbocycles. The van der Waals surface area contributed by atoms with Gasteiger partial charge in [0.05, 0.1) is 34.2 Å². The highest BCUT2D eigenvalue weighted by Crippen LogP contribution is 2.42. The first kappa shape index (κ1) is 21.7. The van der Waals surface area contributed by atoms with Gasteiger partial charge in [0.25, 0.3) is 0 Å². The van der Waals surface area contributed by atoms with Gasteiger partial charge in [-0.1, -0.05) is 12.0 Å². The Balaban J connectivity index is 1.26. The van der Waals surface area contributed by atoms with Crippen LogP contribution in [0.25, 0.3) is 5.57 Å². The highest BCUT2D eigenvalue weighted by atomic mass is 32.2. The van der Waals surface area contributed by atoms with Crippen LogP contribution in [0.2, 0.25) is 0 Å². The van der Waals surface area contributed by atoms with E-state index >= 15 is 0 Å². The molecule has 2 aliphatic carbocycles. The monoisotopic (exact) mass is 476 g/mol. The Bertz CT molecular complexity index is 1210. The largest absolute Gasteiger partial charge is 0.394 e. The van der Waals surface area contributed by atoms with Crippen molar-refractivity contribution < 1.29 is 9.32 Å². The van der Waals surface area contributed by atoms with Crippen LogP contribution in [-0.4, -0.2) is 60.2 Å². The number of fused-ring (bicyclic) bond motifs is 2. The van der Waals surface area contributed by atoms with Gasteiger partial charge in [-0.25, -0.2) is 15.0 Å². The standard InChI is InChI=1S/C25H28N6O2S/c1-2-16-11-26-22(27-12-16)17-9-18-13-31(14-19(18)10-17)24-28-20-5-3-8-34(33)21(20)23(29-24)30-25(15-32)6-4-7-25/h1,9,11-12,18-19,32H,3-8,10,13-15H2,(H,28,29,30)/t18-,19+,34+/m0/s1. The normalized spacial score (nSPS) is 26.8. The SMILES string of the molecule is C#Cc1cnc(C2=C[C@H]3CN(c4nc5c(c(NC6(CO)CCC6)n4)[S@](=O)CCC5)C[C@H]3C2)nc1. The molecule has 2 fully saturated rings. The summed E-state index contributed by atoms with van der Waals surface area (Å²) in [7, 11) is -1.11. The van der Waals surface area contributed by atoms with Crippen molar-refractivity contribution in [3.05, 3.63) is 35.6 Å². The summed E-state index contributed by atoms with van der Waals surface area (Å²) in [5.74, 6) is 6.17. The van der Waals surface area contributed by atoms with E-state index in [0.717, 1.165) is 68.0 Å². The average Bonchev–Trinajstić information content (AvgIpc) is 3.41. The van der Waals surface area contributed by atoms with Crippen molar-refractivity contribution in [2.24, 2.45) is 11.8 Å². The molecule has 2 aromatic heterocycles. The van der Waals surface area contributed by atoms with E-state index in [4.69, 9.17) is 16.4 Å². The predicted octanol–water partition coefficient (Wildman–Crippen LogP) is 2.17. The number of hydrogen-bond donors (Lipinski definition) is 2. The zero-order chi connectivity index (χ0) is 23.3. The fraction of sp³-hybridized carbons (Fsp3) is 0.520. The molecule has 4 heterocycles. The van der Waals surface area contributed by atoms with E-state index in [1.54, 1.807) is 12.4 Å². The number of terminal acetylenes is 1. The Morgan fingerprint density at radius 3 is 2.74 bits per heavy atom. The van der Waals surface area contributed by atoms with Crippen molar-refractivity contribution in [3.8, 4) is 12.3 Å². The second-order valence-electron chi connectivity index (χ2n) is 9.88. The van der Waals surface area contributed by atoms with Crippen LogP contribution in [0.5, 0.6) is 0 Å². The number of aryl methyl sites for hydroxylation is 1. The number of allylic oxidation sites excluding steroid dienone is 1. The number of rotatable bonds is 5. The number of aromatic nitrogens is 4. The third-order valence-corrected chi connectivity index (χ3v) is 9.21. The van der Waals surface area contributed by atoms with Gasteiger partial charge in [-0.3, -0.25) is 4.21 Å². The lowest BCUT2D eigenvalue weighted by Gasteiger charge is -2.42. The smallest absolute Gasteiger partial charge is 0.227 e. The Morgan fingerprint density at radius 1 is 1.24 bits per heavy atom. The van der Waals surface area contributed by atoms with E-state index in [1.165, 1.54) is 5.57 Å². The molecule has 2 aliphatic heterocycles. The fourth-order valence-electron chi connectivity index (χ4n) is 5.58. The predicted molar refractivity (Wildman–Crippen MR) is 131 cm³/mol. The Hall–Kier alpha value is -2.83. The van der Waals surface area contributed by atoms with Crippen molar-refractivity contribution in [2.75, 3.05) is 35.7 Å². The second kappa shape index (κ2) is 8.43. The number of anilines is 2. The molecule has 176 valence electrons. The molecule has 2 N–H and O–H groups in total. The van der Waals surface area contributed by atoms with Gasteiger partial charge in [0, 0.05) is 31.2 Å². The lowest BCUT2D eigenvalue weighted by Crippen LogP contribution is -2.49. The third-order valence-electron chi connectivity index (χ3n) is 7.67. The van der Waals surface area contributed by atoms with Gasteiger partial charge >= 0.3 is 0 Å². The van der Waals surface area contributed by atoms with Crippen molar-refractivity contribution in [2.45, 2.75) is 49.0 Å². The Morgan fingerprint density at radius 2 is 2.06 bits per heavy atom. The van der Waals surface area contributed by atoms with Crippen LogP contribution in [0.3, 0.4) is 0 Å². The molecule has 34 heavy (non-hydrogen) atoms. The van der Waals surface area contributed by atoms with E-state index < -0.39 is 10.8 Å². The maximum Gasteiger partial charge on any atom is 0.227 e. The second-order valence-corrected chi connectivity index (χ2v) is 11.4. The summed E-state index contributed by atoms with van der Waals surface area (Å²) in [5.41, 5.74) is 2.40. The van der Waals surface area contributed by atoms with E-state index in [2.05, 4.69) is 32.2 Å². The van der Waals surface area contributed by atoms with Gasteiger partial charge in [0.2, 0.25) is 5.95 Å². The molecular formula is C25H28N6O2S. The molecule has 9 heteroatoms. The average molecular weight is 477 g/mol. The van der Waals surface area contributed by atoms with Gasteiger partial charge in [0.15, 0.2) is 5.82 Å². The van der Waals surface area contributed by atoms with Crippen LogP contribution in [0.4, 0.5) is 11.8 Å². The first-order valence-corrected chi connectivity index (χ1v) is 13.3. The molecule has 0 unspecified atom stereocenters. The van der Waals surface area contributed by atoms with Crippen molar-refractivity contribution >= 4 is 28.1 Å². The topological polar surface area (TPSA) is 104 Å². The van der Waals surface area contributed by atoms with Crippen LogP contribution < -0.4 is 10.2 Å². The van der Waals surface area contributed by atoms with E-state index in [-0.39, 0.29) is 12.1 Å². The maximum atomic E-state index is 12.9. The number of aliphatic hydroxyl groups is 1. The Labute approximate surface area is 201 Å². The van der Waals surface area contributed by atoms with Crippen LogP contribution in [0, 0.1) is 24.2 Å². The fourth-order valence-corrected chi connectivity index (χ4v) is 6.91. The first-order chi connectivity index (χ1) is 16.6. The van der Waals surface area contributed by atoms with Crippen LogP contribution in [0.1, 0.15) is 49.2 Å². The summed E-state index contributed by atoms with van der Waals surface area (Å²) in [6, 6.07) is 0. The quantitative estimate of drug-likeness (QED) is 0.633. The number of hydrogen-bond acceptors (Lipinski definition) is 8. The Kier molecular flexibility index (Phi) is 5.38. The molecule has 1 saturated carbocycles. The summed E-state index contributed by atoms with van der Waals surface area (Å²) >= 11 is 0. The maximum absolute atomic E-state index is 12.9. The van der Waals surface area contributed by atoms with Crippen molar-refractivity contribution in [1.29, 1.82) is 0 Å². The number of nitrogens with zero attached hydrogens (tertiary/aromatic N) is 5. The van der Waals surface area contributed by atoms with Crippen LogP contribution in [0.15, 0.2) is 23.4 Å². The van der Waals surface area contributed by atoms with Crippen molar-refractivity contribution in [1.82, 2.24) is 19.9 Å². The zero-order valence-electron chi connectivity index (χ0n) is 19.0. The van der Waals surface area contributed by atoms with E-state index in [0.29, 0.717) is 34.9 Å². The molecule has 0 spiro atoms. The van der Waals surface area contributed by atoms with E-state index in [1.807, 2.05) is 0 Å². The van der Waals surface area contributed by atoms with Gasteiger partial charge in [-0.15, -0.1) is 6.42 Å². The van der Waals surface area contributed by atoms with Gasteiger partial charge in [-0.05, 0) is 55.9 Å². The lowest BCUT2D eigenvalue weighted by molar-refractivity contribution is 0.143. The van der Waals surface area contributed by atoms with Crippen LogP contribution in [-0.2, 0) is 17.2 Å². The first-order valence-electron chi connectivity index (χ1n) is 12.0. The summed E-state index contributed by atoms with van der Waals surface area (Å²) in [5, 5.41) is 13.5. The zero-order valence-corrected chi connectivity index (χ0v) is 19.9. The molecule has 3 atom stereocenters. The highest BCUT2D eigenvalue weighted by Gasteiger charge is 2.41. The summed E-state index contributed by atoms with van der Waals surface area (Å²) in [4.78, 5) is 21.6. The molecule has 2 aromatic rings. The highest BCUT2D eigenvalue weighted by molar-refractivity contribution is 7.85. The van der Waals surface area contributed by atoms with Gasteiger partial charge in [0.1, 0.15) is 10.7 Å². The summed E-state index contributed by atoms with van der Waals surface area (Å²) in [6.07, 6.45) is 16.6. The molecule has 1 saturated heterocycles. The molecule has 0 radical (unpaired) electrons. The summed E-state index contributed by atoms with van der Waals surface area (Å²) in [6.45, 7) is 1.75. The number of aliphatic hydroxyl groups excluding tert-OH is 1. The molecule has 0 amide bonds. The molecule has 4 aliphatic rings.